The fraction of sp³-hybridized carbons (Fsp3) is 0.500. The summed E-state index contributed by atoms with van der Waals surface area (Å²) < 4.78 is 6.86. The van der Waals surface area contributed by atoms with E-state index in [0.29, 0.717) is 32.0 Å². The summed E-state index contributed by atoms with van der Waals surface area (Å²) in [6.07, 6.45) is 0. The van der Waals surface area contributed by atoms with Crippen LogP contribution in [-0.4, -0.2) is 51.7 Å². The number of rotatable bonds is 1. The lowest BCUT2D eigenvalue weighted by Crippen LogP contribution is -2.41. The van der Waals surface area contributed by atoms with Gasteiger partial charge in [0.05, 0.1) is 18.9 Å². The third-order valence-electron chi connectivity index (χ3n) is 2.82. The minimum Gasteiger partial charge on any atom is -0.378 e. The van der Waals surface area contributed by atoms with Gasteiger partial charge in [0.2, 0.25) is 4.96 Å². The van der Waals surface area contributed by atoms with E-state index >= 15 is 0 Å². The minimum absolute atomic E-state index is 0.01000. The second-order valence-corrected chi connectivity index (χ2v) is 4.70. The van der Waals surface area contributed by atoms with Gasteiger partial charge in [-0.3, -0.25) is 4.79 Å². The molecule has 17 heavy (non-hydrogen) atoms. The van der Waals surface area contributed by atoms with Crippen molar-refractivity contribution in [3.8, 4) is 0 Å². The summed E-state index contributed by atoms with van der Waals surface area (Å²) in [5, 5.41) is 4.15. The Morgan fingerprint density at radius 3 is 3.00 bits per heavy atom. The Labute approximate surface area is 102 Å². The number of nitrogens with zero attached hydrogens (tertiary/aromatic N) is 4. The summed E-state index contributed by atoms with van der Waals surface area (Å²) in [6.45, 7) is 4.31. The summed E-state index contributed by atoms with van der Waals surface area (Å²) in [6, 6.07) is 0. The highest BCUT2D eigenvalue weighted by atomic mass is 32.1. The Morgan fingerprint density at radius 1 is 1.47 bits per heavy atom. The van der Waals surface area contributed by atoms with Crippen LogP contribution in [-0.2, 0) is 4.74 Å². The van der Waals surface area contributed by atoms with Gasteiger partial charge in [-0.2, -0.15) is 9.61 Å². The second-order valence-electron chi connectivity index (χ2n) is 3.88. The Kier molecular flexibility index (Phi) is 2.56. The molecule has 7 heteroatoms. The Balaban J connectivity index is 1.99. The molecule has 0 aliphatic carbocycles. The lowest BCUT2D eigenvalue weighted by Gasteiger charge is -2.26. The number of aromatic nitrogens is 3. The first-order valence-corrected chi connectivity index (χ1v) is 6.31. The standard InChI is InChI=1S/C10H12N4O2S/c1-7-8(14-10(12-7)17-6-11-14)9(15)13-2-4-16-5-3-13/h6H,2-5H2,1H3. The Bertz CT molecular complexity index is 556. The first-order chi connectivity index (χ1) is 8.27. The van der Waals surface area contributed by atoms with Crippen LogP contribution in [0.25, 0.3) is 4.96 Å². The highest BCUT2D eigenvalue weighted by molar-refractivity contribution is 7.14. The number of morpholine rings is 1. The molecular formula is C10H12N4O2S. The van der Waals surface area contributed by atoms with E-state index in [2.05, 4.69) is 10.1 Å². The van der Waals surface area contributed by atoms with Crippen LogP contribution in [0.3, 0.4) is 0 Å². The van der Waals surface area contributed by atoms with Crippen LogP contribution in [0.1, 0.15) is 16.2 Å². The third-order valence-corrected chi connectivity index (χ3v) is 3.50. The van der Waals surface area contributed by atoms with Crippen LogP contribution in [0.5, 0.6) is 0 Å². The van der Waals surface area contributed by atoms with Crippen molar-refractivity contribution in [2.45, 2.75) is 6.92 Å². The van der Waals surface area contributed by atoms with E-state index in [1.165, 1.54) is 11.3 Å². The molecule has 0 saturated carbocycles. The molecule has 0 unspecified atom stereocenters. The number of carbonyl (C=O) groups is 1. The molecular weight excluding hydrogens is 240 g/mol. The van der Waals surface area contributed by atoms with Gasteiger partial charge in [0.25, 0.3) is 5.91 Å². The largest absolute Gasteiger partial charge is 0.378 e. The van der Waals surface area contributed by atoms with Crippen LogP contribution >= 0.6 is 11.3 Å². The molecule has 1 aliphatic heterocycles. The van der Waals surface area contributed by atoms with Crippen LogP contribution in [0, 0.1) is 6.92 Å². The van der Waals surface area contributed by atoms with Gasteiger partial charge in [-0.1, -0.05) is 11.3 Å². The first-order valence-electron chi connectivity index (χ1n) is 5.43. The summed E-state index contributed by atoms with van der Waals surface area (Å²) in [4.78, 5) is 19.3. The number of fused-ring (bicyclic) bond motifs is 1. The van der Waals surface area contributed by atoms with E-state index in [4.69, 9.17) is 4.74 Å². The smallest absolute Gasteiger partial charge is 0.274 e. The van der Waals surface area contributed by atoms with E-state index < -0.39 is 0 Å². The van der Waals surface area contributed by atoms with Gasteiger partial charge in [-0.05, 0) is 6.92 Å². The van der Waals surface area contributed by atoms with E-state index in [1.54, 1.807) is 14.9 Å². The quantitative estimate of drug-likeness (QED) is 0.744. The normalized spacial score (nSPS) is 16.6. The van der Waals surface area contributed by atoms with E-state index in [-0.39, 0.29) is 5.91 Å². The van der Waals surface area contributed by atoms with Crippen molar-refractivity contribution in [2.75, 3.05) is 26.3 Å². The van der Waals surface area contributed by atoms with Crippen molar-refractivity contribution in [2.24, 2.45) is 0 Å². The molecule has 2 aromatic heterocycles. The molecule has 90 valence electrons. The maximum absolute atomic E-state index is 12.4. The molecule has 1 amide bonds. The van der Waals surface area contributed by atoms with E-state index in [9.17, 15) is 4.79 Å². The number of imidazole rings is 1. The molecule has 1 fully saturated rings. The summed E-state index contributed by atoms with van der Waals surface area (Å²) in [5.74, 6) is -0.01000. The van der Waals surface area contributed by atoms with Gasteiger partial charge in [0.15, 0.2) is 5.69 Å². The molecule has 0 N–H and O–H groups in total. The van der Waals surface area contributed by atoms with Crippen molar-refractivity contribution in [3.05, 3.63) is 16.9 Å². The molecule has 0 spiro atoms. The number of hydrogen-bond donors (Lipinski definition) is 0. The topological polar surface area (TPSA) is 59.7 Å². The monoisotopic (exact) mass is 252 g/mol. The zero-order valence-electron chi connectivity index (χ0n) is 9.42. The Hall–Kier alpha value is -1.47. The van der Waals surface area contributed by atoms with Crippen LogP contribution in [0.15, 0.2) is 5.51 Å². The lowest BCUT2D eigenvalue weighted by molar-refractivity contribution is 0.0297. The summed E-state index contributed by atoms with van der Waals surface area (Å²) >= 11 is 1.43. The van der Waals surface area contributed by atoms with Gasteiger partial charge in [-0.15, -0.1) is 0 Å². The van der Waals surface area contributed by atoms with Crippen molar-refractivity contribution in [1.82, 2.24) is 19.5 Å². The average Bonchev–Trinajstić information content (AvgIpc) is 2.89. The molecule has 3 heterocycles. The molecule has 1 saturated heterocycles. The van der Waals surface area contributed by atoms with Gasteiger partial charge in [-0.25, -0.2) is 4.98 Å². The number of ether oxygens (including phenoxy) is 1. The van der Waals surface area contributed by atoms with Crippen molar-refractivity contribution >= 4 is 22.2 Å². The molecule has 6 nitrogen and oxygen atoms in total. The third kappa shape index (κ3) is 1.71. The predicted molar refractivity (Wildman–Crippen MR) is 62.3 cm³/mol. The number of amides is 1. The predicted octanol–water partition coefficient (Wildman–Crippen LogP) is 0.572. The molecule has 3 rings (SSSR count). The second kappa shape index (κ2) is 4.08. The SMILES string of the molecule is Cc1nc2scnn2c1C(=O)N1CCOCC1. The molecule has 0 bridgehead atoms. The fourth-order valence-electron chi connectivity index (χ4n) is 1.96. The number of hydrogen-bond acceptors (Lipinski definition) is 5. The van der Waals surface area contributed by atoms with Crippen LogP contribution in [0.2, 0.25) is 0 Å². The van der Waals surface area contributed by atoms with Crippen LogP contribution in [0.4, 0.5) is 0 Å². The van der Waals surface area contributed by atoms with Crippen molar-refractivity contribution < 1.29 is 9.53 Å². The summed E-state index contributed by atoms with van der Waals surface area (Å²) in [5.41, 5.74) is 3.00. The van der Waals surface area contributed by atoms with Gasteiger partial charge in [0.1, 0.15) is 5.51 Å². The van der Waals surface area contributed by atoms with Gasteiger partial charge in [0, 0.05) is 13.1 Å². The number of carbonyl (C=O) groups excluding carboxylic acids is 1. The maximum atomic E-state index is 12.4. The highest BCUT2D eigenvalue weighted by Gasteiger charge is 2.25. The highest BCUT2D eigenvalue weighted by Crippen LogP contribution is 2.17. The van der Waals surface area contributed by atoms with E-state index in [0.717, 1.165) is 10.7 Å². The zero-order chi connectivity index (χ0) is 11.8. The van der Waals surface area contributed by atoms with Gasteiger partial charge < -0.3 is 9.64 Å². The molecule has 1 aliphatic rings. The maximum Gasteiger partial charge on any atom is 0.274 e. The van der Waals surface area contributed by atoms with E-state index in [1.807, 2.05) is 6.92 Å². The van der Waals surface area contributed by atoms with Crippen molar-refractivity contribution in [1.29, 1.82) is 0 Å². The average molecular weight is 252 g/mol. The fourth-order valence-corrected chi connectivity index (χ4v) is 2.62. The molecule has 0 radical (unpaired) electrons. The molecule has 0 aromatic carbocycles. The molecule has 0 atom stereocenters. The molecule has 2 aromatic rings. The minimum atomic E-state index is -0.01000. The Morgan fingerprint density at radius 2 is 2.24 bits per heavy atom. The summed E-state index contributed by atoms with van der Waals surface area (Å²) in [7, 11) is 0. The lowest BCUT2D eigenvalue weighted by atomic mass is 10.3. The van der Waals surface area contributed by atoms with Gasteiger partial charge >= 0.3 is 0 Å². The first kappa shape index (κ1) is 10.7. The van der Waals surface area contributed by atoms with Crippen LogP contribution < -0.4 is 0 Å². The number of aryl methyl sites for hydroxylation is 1. The zero-order valence-corrected chi connectivity index (χ0v) is 10.2. The van der Waals surface area contributed by atoms with Crippen molar-refractivity contribution in [3.63, 3.8) is 0 Å².